The Balaban J connectivity index is 3.00. The first-order valence-corrected chi connectivity index (χ1v) is 5.30. The highest BCUT2D eigenvalue weighted by Gasteiger charge is 2.13. The number of para-hydroxylation sites is 1. The van der Waals surface area contributed by atoms with E-state index in [1.165, 1.54) is 11.0 Å². The summed E-state index contributed by atoms with van der Waals surface area (Å²) in [6, 6.07) is 6.94. The third-order valence-corrected chi connectivity index (χ3v) is 2.14. The Bertz CT molecular complexity index is 450. The number of hydrogen-bond donors (Lipinski definition) is 1. The van der Waals surface area contributed by atoms with Crippen molar-refractivity contribution >= 4 is 17.5 Å². The maximum atomic E-state index is 11.9. The normalized spacial score (nSPS) is 10.3. The monoisotopic (exact) mass is 232 g/mol. The molecule has 0 saturated heterocycles. The number of benzene rings is 1. The molecule has 1 rings (SSSR count). The van der Waals surface area contributed by atoms with Crippen molar-refractivity contribution in [2.24, 2.45) is 0 Å². The first kappa shape index (κ1) is 13.0. The van der Waals surface area contributed by atoms with Crippen LogP contribution in [0.4, 0.5) is 5.69 Å². The van der Waals surface area contributed by atoms with E-state index in [0.29, 0.717) is 11.3 Å². The number of allylic oxidation sites excluding steroid dienone is 1. The van der Waals surface area contributed by atoms with Crippen LogP contribution in [-0.2, 0) is 4.79 Å². The Kier molecular flexibility index (Phi) is 4.46. The minimum Gasteiger partial charge on any atom is -0.345 e. The van der Waals surface area contributed by atoms with Gasteiger partial charge in [0.05, 0.1) is 11.3 Å². The van der Waals surface area contributed by atoms with Crippen molar-refractivity contribution < 1.29 is 9.59 Å². The Morgan fingerprint density at radius 1 is 1.24 bits per heavy atom. The number of carbonyl (C=O) groups is 2. The summed E-state index contributed by atoms with van der Waals surface area (Å²) in [5.41, 5.74) is 1.00. The molecule has 17 heavy (non-hydrogen) atoms. The molecule has 0 aromatic heterocycles. The van der Waals surface area contributed by atoms with Crippen molar-refractivity contribution in [2.75, 3.05) is 19.4 Å². The fourth-order valence-electron chi connectivity index (χ4n) is 1.35. The molecular formula is C13H16N2O2. The third kappa shape index (κ3) is 3.45. The second-order valence-corrected chi connectivity index (χ2v) is 3.73. The maximum absolute atomic E-state index is 11.9. The van der Waals surface area contributed by atoms with E-state index in [-0.39, 0.29) is 11.8 Å². The van der Waals surface area contributed by atoms with Gasteiger partial charge in [0.15, 0.2) is 0 Å². The topological polar surface area (TPSA) is 49.4 Å². The van der Waals surface area contributed by atoms with Gasteiger partial charge >= 0.3 is 0 Å². The summed E-state index contributed by atoms with van der Waals surface area (Å²) in [6.07, 6.45) is 3.06. The highest BCUT2D eigenvalue weighted by atomic mass is 16.2. The van der Waals surface area contributed by atoms with Crippen LogP contribution >= 0.6 is 0 Å². The van der Waals surface area contributed by atoms with E-state index in [4.69, 9.17) is 0 Å². The summed E-state index contributed by atoms with van der Waals surface area (Å²) in [6.45, 7) is 1.76. The second kappa shape index (κ2) is 5.84. The van der Waals surface area contributed by atoms with Crippen LogP contribution in [0.2, 0.25) is 0 Å². The third-order valence-electron chi connectivity index (χ3n) is 2.14. The Morgan fingerprint density at radius 3 is 2.47 bits per heavy atom. The molecule has 90 valence electrons. The van der Waals surface area contributed by atoms with E-state index in [1.54, 1.807) is 51.4 Å². The predicted molar refractivity (Wildman–Crippen MR) is 67.9 cm³/mol. The quantitative estimate of drug-likeness (QED) is 0.809. The molecule has 0 saturated carbocycles. The van der Waals surface area contributed by atoms with Crippen molar-refractivity contribution in [2.45, 2.75) is 6.92 Å². The van der Waals surface area contributed by atoms with Gasteiger partial charge in [-0.05, 0) is 25.1 Å². The van der Waals surface area contributed by atoms with Crippen molar-refractivity contribution in [3.63, 3.8) is 0 Å². The lowest BCUT2D eigenvalue weighted by atomic mass is 10.1. The van der Waals surface area contributed by atoms with Crippen LogP contribution in [0, 0.1) is 0 Å². The van der Waals surface area contributed by atoms with Gasteiger partial charge in [-0.25, -0.2) is 0 Å². The summed E-state index contributed by atoms with van der Waals surface area (Å²) in [4.78, 5) is 24.8. The van der Waals surface area contributed by atoms with Crippen LogP contribution in [0.5, 0.6) is 0 Å². The lowest BCUT2D eigenvalue weighted by molar-refractivity contribution is -0.111. The van der Waals surface area contributed by atoms with E-state index >= 15 is 0 Å². The molecule has 0 atom stereocenters. The fraction of sp³-hybridized carbons (Fsp3) is 0.231. The molecule has 2 amide bonds. The maximum Gasteiger partial charge on any atom is 0.255 e. The van der Waals surface area contributed by atoms with Gasteiger partial charge in [-0.2, -0.15) is 0 Å². The van der Waals surface area contributed by atoms with Crippen molar-refractivity contribution in [3.05, 3.63) is 42.0 Å². The lowest BCUT2D eigenvalue weighted by Gasteiger charge is -2.13. The molecule has 4 heteroatoms. The lowest BCUT2D eigenvalue weighted by Crippen LogP contribution is -2.23. The molecule has 0 aliphatic carbocycles. The minimum absolute atomic E-state index is 0.138. The van der Waals surface area contributed by atoms with E-state index in [2.05, 4.69) is 5.32 Å². The second-order valence-electron chi connectivity index (χ2n) is 3.73. The standard InChI is InChI=1S/C13H16N2O2/c1-4-7-12(16)14-11-9-6-5-8-10(11)13(17)15(2)3/h4-9H,1-3H3,(H,14,16). The van der Waals surface area contributed by atoms with Gasteiger partial charge < -0.3 is 10.2 Å². The van der Waals surface area contributed by atoms with E-state index in [9.17, 15) is 9.59 Å². The zero-order valence-electron chi connectivity index (χ0n) is 10.2. The molecule has 1 aromatic carbocycles. The summed E-state index contributed by atoms with van der Waals surface area (Å²) in [7, 11) is 3.35. The molecule has 1 aromatic rings. The molecule has 0 heterocycles. The zero-order valence-corrected chi connectivity index (χ0v) is 10.2. The smallest absolute Gasteiger partial charge is 0.255 e. The van der Waals surface area contributed by atoms with Gasteiger partial charge in [0, 0.05) is 14.1 Å². The first-order chi connectivity index (χ1) is 8.06. The molecule has 0 radical (unpaired) electrons. The molecule has 0 fully saturated rings. The zero-order chi connectivity index (χ0) is 12.8. The number of rotatable bonds is 3. The van der Waals surface area contributed by atoms with Crippen LogP contribution in [0.3, 0.4) is 0 Å². The summed E-state index contributed by atoms with van der Waals surface area (Å²) < 4.78 is 0. The molecule has 0 aliphatic heterocycles. The number of anilines is 1. The Hall–Kier alpha value is -2.10. The van der Waals surface area contributed by atoms with E-state index < -0.39 is 0 Å². The number of amides is 2. The van der Waals surface area contributed by atoms with Crippen molar-refractivity contribution in [1.29, 1.82) is 0 Å². The fourth-order valence-corrected chi connectivity index (χ4v) is 1.35. The van der Waals surface area contributed by atoms with Crippen molar-refractivity contribution in [1.82, 2.24) is 4.90 Å². The van der Waals surface area contributed by atoms with Crippen LogP contribution in [-0.4, -0.2) is 30.8 Å². The predicted octanol–water partition coefficient (Wildman–Crippen LogP) is 1.90. The van der Waals surface area contributed by atoms with Gasteiger partial charge in [-0.3, -0.25) is 9.59 Å². The highest BCUT2D eigenvalue weighted by molar-refractivity contribution is 6.06. The van der Waals surface area contributed by atoms with Crippen LogP contribution in [0.15, 0.2) is 36.4 Å². The minimum atomic E-state index is -0.244. The van der Waals surface area contributed by atoms with Gasteiger partial charge in [-0.15, -0.1) is 0 Å². The molecule has 4 nitrogen and oxygen atoms in total. The summed E-state index contributed by atoms with van der Waals surface area (Å²) >= 11 is 0. The number of carbonyl (C=O) groups excluding carboxylic acids is 2. The Labute approximate surface area is 101 Å². The largest absolute Gasteiger partial charge is 0.345 e. The Morgan fingerprint density at radius 2 is 1.88 bits per heavy atom. The number of nitrogens with one attached hydrogen (secondary N) is 1. The van der Waals surface area contributed by atoms with Gasteiger partial charge in [-0.1, -0.05) is 18.2 Å². The molecule has 0 aliphatic rings. The van der Waals surface area contributed by atoms with Crippen LogP contribution in [0.1, 0.15) is 17.3 Å². The molecule has 0 spiro atoms. The van der Waals surface area contributed by atoms with Crippen LogP contribution in [0.25, 0.3) is 0 Å². The van der Waals surface area contributed by atoms with E-state index in [0.717, 1.165) is 0 Å². The van der Waals surface area contributed by atoms with E-state index in [1.807, 2.05) is 0 Å². The molecule has 1 N–H and O–H groups in total. The molecule has 0 unspecified atom stereocenters. The molecule has 0 bridgehead atoms. The first-order valence-electron chi connectivity index (χ1n) is 5.30. The molecular weight excluding hydrogens is 216 g/mol. The van der Waals surface area contributed by atoms with Gasteiger partial charge in [0.1, 0.15) is 0 Å². The average molecular weight is 232 g/mol. The van der Waals surface area contributed by atoms with Crippen molar-refractivity contribution in [3.8, 4) is 0 Å². The SMILES string of the molecule is CC=CC(=O)Nc1ccccc1C(=O)N(C)C. The average Bonchev–Trinajstić information content (AvgIpc) is 2.29. The summed E-state index contributed by atoms with van der Waals surface area (Å²) in [5.74, 6) is -0.382. The van der Waals surface area contributed by atoms with Crippen LogP contribution < -0.4 is 5.32 Å². The highest BCUT2D eigenvalue weighted by Crippen LogP contribution is 2.16. The summed E-state index contributed by atoms with van der Waals surface area (Å²) in [5, 5.41) is 2.67. The number of hydrogen-bond acceptors (Lipinski definition) is 2. The van der Waals surface area contributed by atoms with Gasteiger partial charge in [0.25, 0.3) is 5.91 Å². The number of nitrogens with zero attached hydrogens (tertiary/aromatic N) is 1. The van der Waals surface area contributed by atoms with Gasteiger partial charge in [0.2, 0.25) is 5.91 Å².